The van der Waals surface area contributed by atoms with E-state index in [-0.39, 0.29) is 49.7 Å². The Balaban J connectivity index is 1.57. The van der Waals surface area contributed by atoms with Crippen LogP contribution in [0.5, 0.6) is 17.2 Å². The first-order valence-electron chi connectivity index (χ1n) is 19.7. The Morgan fingerprint density at radius 3 is 2.34 bits per heavy atom. The number of esters is 1. The SMILES string of the molecule is CO[C@H]1/C=C/O[C@@]2(C)Oc3c(C)c(O)c4c(O)c(c5c(c4c3C2=O)NC2(CCN(C)C2)CN=5)=NC(=O)/C(C)=C\C=C\[C@H](C)[C@H](O)[C@@H](C)[C@@H](O)[C@@H](C)[C@H](OC(C)=O)C1C. The first-order chi connectivity index (χ1) is 27.3. The van der Waals surface area contributed by atoms with Crippen molar-refractivity contribution in [3.63, 3.8) is 0 Å². The molecule has 0 saturated carbocycles. The Hall–Kier alpha value is -4.83. The molecule has 1 amide bonds. The molecule has 4 bridgehead atoms. The Morgan fingerprint density at radius 1 is 1.00 bits per heavy atom. The number of likely N-dealkylation sites (N-methyl/N-ethyl adjacent to an activating group) is 1. The second-order valence-electron chi connectivity index (χ2n) is 16.7. The van der Waals surface area contributed by atoms with Crippen molar-refractivity contribution in [2.24, 2.45) is 33.7 Å². The maximum absolute atomic E-state index is 14.7. The average Bonchev–Trinajstić information content (AvgIpc) is 3.67. The van der Waals surface area contributed by atoms with Crippen molar-refractivity contribution in [3.8, 4) is 17.2 Å². The second-order valence-corrected chi connectivity index (χ2v) is 16.7. The fourth-order valence-corrected chi connectivity index (χ4v) is 8.80. The molecular formula is C43H56N4O11. The van der Waals surface area contributed by atoms with Crippen LogP contribution in [0.4, 0.5) is 5.69 Å². The number of hydrogen-bond acceptors (Lipinski definition) is 14. The van der Waals surface area contributed by atoms with Crippen LogP contribution in [0.1, 0.15) is 70.8 Å². The number of likely N-dealkylation sites (tertiary alicyclic amines) is 1. The number of ether oxygens (including phenoxy) is 4. The number of benzene rings is 2. The lowest BCUT2D eigenvalue weighted by Gasteiger charge is -2.38. The number of amides is 1. The number of carbonyl (C=O) groups excluding carboxylic acids is 3. The molecule has 1 fully saturated rings. The summed E-state index contributed by atoms with van der Waals surface area (Å²) in [6.07, 6.45) is 4.59. The van der Waals surface area contributed by atoms with E-state index in [4.69, 9.17) is 23.9 Å². The van der Waals surface area contributed by atoms with Gasteiger partial charge in [-0.15, -0.1) is 0 Å². The number of phenols is 2. The molecule has 6 rings (SSSR count). The van der Waals surface area contributed by atoms with Crippen LogP contribution in [-0.4, -0.2) is 113 Å². The Bertz CT molecular complexity index is 2240. The lowest BCUT2D eigenvalue weighted by molar-refractivity contribution is -0.160. The number of allylic oxidation sites excluding steroid dienone is 2. The summed E-state index contributed by atoms with van der Waals surface area (Å²) in [6, 6.07) is 0. The molecule has 5 N–H and O–H groups in total. The summed E-state index contributed by atoms with van der Waals surface area (Å²) < 4.78 is 23.9. The van der Waals surface area contributed by atoms with Crippen LogP contribution >= 0.6 is 0 Å². The first-order valence-corrected chi connectivity index (χ1v) is 19.7. The third kappa shape index (κ3) is 7.49. The fourth-order valence-electron chi connectivity index (χ4n) is 8.80. The number of rotatable bonds is 2. The standard InChI is InChI=1S/C43H56N4O11/c1-20-12-11-13-21(2)41(54)45-33-32-31(46-43(18-44-32)15-16-47(9)19-43)28-29(37(33)52)36(51)25(6)39-30(28)40(53)42(8,58-39)56-17-14-27(55-10)22(3)38(57-26(7)48)24(5)35(50)23(4)34(20)49/h11-14,17,20,22-24,27,34-35,38,46,49-52H,15-16,18-19H2,1-10H3/b12-11+,17-14+,21-13-,45-33?/t20-,22?,23+,24+,27-,34-,35+,38+,42-,43?/m0/s1. The van der Waals surface area contributed by atoms with E-state index in [0.717, 1.165) is 6.54 Å². The summed E-state index contributed by atoms with van der Waals surface area (Å²) in [5, 5.41) is 50.3. The third-order valence-corrected chi connectivity index (χ3v) is 12.4. The predicted octanol–water partition coefficient (Wildman–Crippen LogP) is 3.38. The van der Waals surface area contributed by atoms with Crippen molar-refractivity contribution in [2.75, 3.05) is 39.1 Å². The van der Waals surface area contributed by atoms with Gasteiger partial charge in [-0.25, -0.2) is 4.99 Å². The van der Waals surface area contributed by atoms with Gasteiger partial charge in [0.25, 0.3) is 11.7 Å². The maximum Gasteiger partial charge on any atom is 0.312 e. The van der Waals surface area contributed by atoms with E-state index < -0.39 is 82.8 Å². The molecule has 1 saturated heterocycles. The lowest BCUT2D eigenvalue weighted by atomic mass is 9.78. The molecule has 2 unspecified atom stereocenters. The number of aliphatic hydroxyl groups excluding tert-OH is 2. The molecular weight excluding hydrogens is 748 g/mol. The molecule has 0 radical (unpaired) electrons. The molecule has 4 aliphatic rings. The summed E-state index contributed by atoms with van der Waals surface area (Å²) in [6.45, 7) is 14.5. The van der Waals surface area contributed by atoms with Crippen LogP contribution in [0.25, 0.3) is 10.8 Å². The van der Waals surface area contributed by atoms with Crippen molar-refractivity contribution >= 4 is 34.1 Å². The molecule has 2 aromatic carbocycles. The van der Waals surface area contributed by atoms with E-state index in [1.807, 2.05) is 7.05 Å². The number of hydrogen-bond donors (Lipinski definition) is 5. The summed E-state index contributed by atoms with van der Waals surface area (Å²) >= 11 is 0. The molecule has 4 heterocycles. The molecule has 1 spiro atoms. The van der Waals surface area contributed by atoms with Crippen LogP contribution in [0.15, 0.2) is 46.1 Å². The molecule has 4 aliphatic heterocycles. The highest BCUT2D eigenvalue weighted by atomic mass is 16.7. The van der Waals surface area contributed by atoms with Gasteiger partial charge in [0.2, 0.25) is 0 Å². The number of nitrogens with one attached hydrogen (secondary N) is 1. The van der Waals surface area contributed by atoms with E-state index in [2.05, 4.69) is 15.2 Å². The number of methoxy groups -OCH3 is 1. The van der Waals surface area contributed by atoms with E-state index >= 15 is 0 Å². The molecule has 0 aliphatic carbocycles. The number of anilines is 1. The molecule has 15 nitrogen and oxygen atoms in total. The highest BCUT2D eigenvalue weighted by molar-refractivity contribution is 6.21. The van der Waals surface area contributed by atoms with Gasteiger partial charge in [-0.3, -0.25) is 19.4 Å². The van der Waals surface area contributed by atoms with Gasteiger partial charge in [0.05, 0.1) is 53.3 Å². The van der Waals surface area contributed by atoms with Crippen molar-refractivity contribution in [1.82, 2.24) is 4.90 Å². The monoisotopic (exact) mass is 804 g/mol. The van der Waals surface area contributed by atoms with Gasteiger partial charge in [0.15, 0.2) is 5.75 Å². The number of aliphatic hydroxyl groups is 2. The smallest absolute Gasteiger partial charge is 0.312 e. The zero-order valence-corrected chi connectivity index (χ0v) is 34.8. The van der Waals surface area contributed by atoms with E-state index in [1.54, 1.807) is 59.8 Å². The molecule has 2 aromatic rings. The van der Waals surface area contributed by atoms with E-state index in [1.165, 1.54) is 33.3 Å². The summed E-state index contributed by atoms with van der Waals surface area (Å²) in [7, 11) is 3.46. The predicted molar refractivity (Wildman–Crippen MR) is 214 cm³/mol. The van der Waals surface area contributed by atoms with Crippen LogP contribution in [0, 0.1) is 30.6 Å². The van der Waals surface area contributed by atoms with E-state index in [0.29, 0.717) is 25.2 Å². The van der Waals surface area contributed by atoms with Crippen molar-refractivity contribution in [3.05, 3.63) is 58.0 Å². The van der Waals surface area contributed by atoms with E-state index in [9.17, 15) is 34.8 Å². The van der Waals surface area contributed by atoms with Crippen LogP contribution < -0.4 is 20.8 Å². The number of ketones is 1. The van der Waals surface area contributed by atoms with Crippen molar-refractivity contribution < 1.29 is 53.8 Å². The molecule has 10 atom stereocenters. The molecule has 15 heteroatoms. The quantitative estimate of drug-likeness (QED) is 0.218. The number of carbonyl (C=O) groups is 3. The second kappa shape index (κ2) is 16.1. The topological polar surface area (TPSA) is 209 Å². The van der Waals surface area contributed by atoms with Crippen LogP contribution in [0.3, 0.4) is 0 Å². The number of phenolic OH excluding ortho intramolecular Hbond substituents is 2. The minimum Gasteiger partial charge on any atom is -0.507 e. The Labute approximate surface area is 337 Å². The van der Waals surface area contributed by atoms with Gasteiger partial charge < -0.3 is 49.6 Å². The molecule has 58 heavy (non-hydrogen) atoms. The average molecular weight is 805 g/mol. The molecule has 0 aromatic heterocycles. The number of aromatic hydroxyl groups is 2. The molecule has 314 valence electrons. The summed E-state index contributed by atoms with van der Waals surface area (Å²) in [5.74, 6) is -7.05. The van der Waals surface area contributed by atoms with Gasteiger partial charge in [0, 0.05) is 74.2 Å². The summed E-state index contributed by atoms with van der Waals surface area (Å²) in [5.41, 5.74) is 0.173. The zero-order chi connectivity index (χ0) is 42.6. The zero-order valence-electron chi connectivity index (χ0n) is 34.8. The minimum atomic E-state index is -1.95. The van der Waals surface area contributed by atoms with Gasteiger partial charge >= 0.3 is 11.8 Å². The number of fused-ring (bicyclic) bond motifs is 1. The first kappa shape index (κ1) is 42.8. The largest absolute Gasteiger partial charge is 0.507 e. The Morgan fingerprint density at radius 2 is 1.71 bits per heavy atom. The summed E-state index contributed by atoms with van der Waals surface area (Å²) in [4.78, 5) is 52.1. The maximum atomic E-state index is 14.7. The fraction of sp³-hybridized carbons (Fsp3) is 0.558. The number of Topliss-reactive ketones (excluding diaryl/α,β-unsaturated/α-hetero) is 1. The highest BCUT2D eigenvalue weighted by Crippen LogP contribution is 2.51. The number of nitrogens with zero attached hydrogens (tertiary/aromatic N) is 3. The van der Waals surface area contributed by atoms with Crippen molar-refractivity contribution in [2.45, 2.75) is 97.6 Å². The normalized spacial score (nSPS) is 35.3. The van der Waals surface area contributed by atoms with Crippen LogP contribution in [-0.2, 0) is 23.8 Å². The Kier molecular flexibility index (Phi) is 11.9. The minimum absolute atomic E-state index is 0.0484. The van der Waals surface area contributed by atoms with Crippen LogP contribution in [0.2, 0.25) is 0 Å². The third-order valence-electron chi connectivity index (χ3n) is 12.4. The van der Waals surface area contributed by atoms with Gasteiger partial charge in [-0.2, -0.15) is 0 Å². The van der Waals surface area contributed by atoms with Gasteiger partial charge in [0.1, 0.15) is 28.3 Å². The lowest BCUT2D eigenvalue weighted by Crippen LogP contribution is -2.50. The van der Waals surface area contributed by atoms with Crippen molar-refractivity contribution in [1.29, 1.82) is 0 Å². The van der Waals surface area contributed by atoms with Gasteiger partial charge in [-0.1, -0.05) is 45.9 Å². The highest BCUT2D eigenvalue weighted by Gasteiger charge is 2.50. The van der Waals surface area contributed by atoms with Gasteiger partial charge in [-0.05, 0) is 33.4 Å².